The molecule has 0 saturated carbocycles. The van der Waals surface area contributed by atoms with Crippen molar-refractivity contribution in [1.82, 2.24) is 4.72 Å². The van der Waals surface area contributed by atoms with Gasteiger partial charge in [0.2, 0.25) is 10.0 Å². The van der Waals surface area contributed by atoms with E-state index in [1.54, 1.807) is 24.3 Å². The second-order valence-corrected chi connectivity index (χ2v) is 7.28. The lowest BCUT2D eigenvalue weighted by atomic mass is 10.0. The molecule has 6 heteroatoms. The van der Waals surface area contributed by atoms with Crippen molar-refractivity contribution < 1.29 is 13.5 Å². The Morgan fingerprint density at radius 1 is 1.24 bits per heavy atom. The fraction of sp³-hybridized carbons (Fsp3) is 0.600. The average Bonchev–Trinajstić information content (AvgIpc) is 2.44. The van der Waals surface area contributed by atoms with Gasteiger partial charge < -0.3 is 10.4 Å². The Balaban J connectivity index is 2.98. The molecule has 21 heavy (non-hydrogen) atoms. The predicted molar refractivity (Wildman–Crippen MR) is 85.9 cm³/mol. The zero-order chi connectivity index (χ0) is 15.9. The maximum Gasteiger partial charge on any atom is 0.242 e. The van der Waals surface area contributed by atoms with Gasteiger partial charge in [-0.3, -0.25) is 0 Å². The van der Waals surface area contributed by atoms with E-state index in [4.69, 9.17) is 0 Å². The van der Waals surface area contributed by atoms with Crippen LogP contribution in [0.4, 0.5) is 5.69 Å². The first-order valence-corrected chi connectivity index (χ1v) is 8.85. The molecule has 0 aliphatic heterocycles. The molecule has 0 saturated heterocycles. The minimum absolute atomic E-state index is 0.0328. The van der Waals surface area contributed by atoms with Crippen LogP contribution in [0.15, 0.2) is 29.2 Å². The molecule has 0 bridgehead atoms. The van der Waals surface area contributed by atoms with Crippen LogP contribution in [0.1, 0.15) is 33.6 Å². The SMILES string of the molecule is CCCNS(=O)(=O)c1ccccc1NC(CO)CC(C)C. The highest BCUT2D eigenvalue weighted by molar-refractivity contribution is 7.89. The smallest absolute Gasteiger partial charge is 0.242 e. The summed E-state index contributed by atoms with van der Waals surface area (Å²) in [4.78, 5) is 0.223. The third-order valence-electron chi connectivity index (χ3n) is 3.05. The summed E-state index contributed by atoms with van der Waals surface area (Å²) in [5, 5.41) is 12.6. The first kappa shape index (κ1) is 17.9. The Labute approximate surface area is 127 Å². The highest BCUT2D eigenvalue weighted by Crippen LogP contribution is 2.22. The standard InChI is InChI=1S/C15H26N2O3S/c1-4-9-16-21(19,20)15-8-6-5-7-14(15)17-13(11-18)10-12(2)3/h5-8,12-13,16-18H,4,9-11H2,1-3H3. The van der Waals surface area contributed by atoms with E-state index in [-0.39, 0.29) is 17.5 Å². The van der Waals surface area contributed by atoms with Crippen molar-refractivity contribution in [3.8, 4) is 0 Å². The molecule has 120 valence electrons. The molecule has 0 aliphatic rings. The molecule has 1 atom stereocenters. The van der Waals surface area contributed by atoms with Gasteiger partial charge in [-0.25, -0.2) is 13.1 Å². The third-order valence-corrected chi connectivity index (χ3v) is 4.57. The first-order valence-electron chi connectivity index (χ1n) is 7.36. The summed E-state index contributed by atoms with van der Waals surface area (Å²) >= 11 is 0. The average molecular weight is 314 g/mol. The van der Waals surface area contributed by atoms with Gasteiger partial charge in [0.25, 0.3) is 0 Å². The van der Waals surface area contributed by atoms with Gasteiger partial charge >= 0.3 is 0 Å². The molecule has 1 rings (SSSR count). The number of para-hydroxylation sites is 1. The summed E-state index contributed by atoms with van der Waals surface area (Å²) in [6.45, 7) is 6.42. The first-order chi connectivity index (χ1) is 9.90. The van der Waals surface area contributed by atoms with Crippen molar-refractivity contribution in [1.29, 1.82) is 0 Å². The van der Waals surface area contributed by atoms with E-state index < -0.39 is 10.0 Å². The van der Waals surface area contributed by atoms with Crippen molar-refractivity contribution >= 4 is 15.7 Å². The third kappa shape index (κ3) is 5.65. The normalized spacial score (nSPS) is 13.4. The summed E-state index contributed by atoms with van der Waals surface area (Å²) in [6, 6.07) is 6.62. The van der Waals surface area contributed by atoms with Crippen LogP contribution in [0.25, 0.3) is 0 Å². The maximum absolute atomic E-state index is 12.3. The number of hydrogen-bond donors (Lipinski definition) is 3. The summed E-state index contributed by atoms with van der Waals surface area (Å²) in [5.74, 6) is 0.414. The van der Waals surface area contributed by atoms with Crippen LogP contribution in [0.2, 0.25) is 0 Å². The van der Waals surface area contributed by atoms with Crippen LogP contribution >= 0.6 is 0 Å². The Morgan fingerprint density at radius 3 is 2.48 bits per heavy atom. The molecule has 0 aliphatic carbocycles. The molecule has 1 aromatic carbocycles. The molecule has 1 unspecified atom stereocenters. The Hall–Kier alpha value is -1.11. The van der Waals surface area contributed by atoms with Gasteiger partial charge in [0, 0.05) is 12.6 Å². The van der Waals surface area contributed by atoms with E-state index in [1.165, 1.54) is 0 Å². The van der Waals surface area contributed by atoms with Crippen LogP contribution in [0, 0.1) is 5.92 Å². The summed E-state index contributed by atoms with van der Waals surface area (Å²) in [6.07, 6.45) is 1.51. The summed E-state index contributed by atoms with van der Waals surface area (Å²) < 4.78 is 27.1. The van der Waals surface area contributed by atoms with Gasteiger partial charge in [-0.05, 0) is 30.9 Å². The Bertz CT molecular complexity index is 529. The molecule has 0 amide bonds. The van der Waals surface area contributed by atoms with E-state index in [9.17, 15) is 13.5 Å². The molecule has 0 radical (unpaired) electrons. The largest absolute Gasteiger partial charge is 0.394 e. The van der Waals surface area contributed by atoms with Crippen molar-refractivity contribution in [2.45, 2.75) is 44.6 Å². The van der Waals surface area contributed by atoms with Gasteiger partial charge in [-0.2, -0.15) is 0 Å². The molecule has 0 spiro atoms. The van der Waals surface area contributed by atoms with Gasteiger partial charge in [0.1, 0.15) is 4.90 Å². The lowest BCUT2D eigenvalue weighted by Crippen LogP contribution is -2.29. The second-order valence-electron chi connectivity index (χ2n) is 5.55. The molecular formula is C15H26N2O3S. The van der Waals surface area contributed by atoms with Crippen LogP contribution in [0.3, 0.4) is 0 Å². The van der Waals surface area contributed by atoms with E-state index in [0.717, 1.165) is 12.8 Å². The van der Waals surface area contributed by atoms with Crippen molar-refractivity contribution in [3.05, 3.63) is 24.3 Å². The molecule has 1 aromatic rings. The van der Waals surface area contributed by atoms with E-state index >= 15 is 0 Å². The van der Waals surface area contributed by atoms with E-state index in [2.05, 4.69) is 23.9 Å². The maximum atomic E-state index is 12.3. The minimum atomic E-state index is -3.53. The second kappa shape index (κ2) is 8.36. The number of aliphatic hydroxyl groups excluding tert-OH is 1. The van der Waals surface area contributed by atoms with Crippen LogP contribution in [-0.4, -0.2) is 32.7 Å². The predicted octanol–water partition coefficient (Wildman–Crippen LogP) is 2.19. The number of sulfonamides is 1. The number of hydrogen-bond acceptors (Lipinski definition) is 4. The quantitative estimate of drug-likeness (QED) is 0.653. The molecule has 0 heterocycles. The number of benzene rings is 1. The Morgan fingerprint density at radius 2 is 1.90 bits per heavy atom. The molecular weight excluding hydrogens is 288 g/mol. The highest BCUT2D eigenvalue weighted by atomic mass is 32.2. The number of anilines is 1. The summed E-state index contributed by atoms with van der Waals surface area (Å²) in [5.41, 5.74) is 0.529. The Kier molecular flexibility index (Phi) is 7.14. The summed E-state index contributed by atoms with van der Waals surface area (Å²) in [7, 11) is -3.53. The lowest BCUT2D eigenvalue weighted by molar-refractivity contribution is 0.259. The van der Waals surface area contributed by atoms with Crippen molar-refractivity contribution in [2.24, 2.45) is 5.92 Å². The zero-order valence-corrected chi connectivity index (χ0v) is 13.8. The number of rotatable bonds is 9. The van der Waals surface area contributed by atoms with Crippen LogP contribution in [0.5, 0.6) is 0 Å². The van der Waals surface area contributed by atoms with E-state index in [1.807, 2.05) is 6.92 Å². The molecule has 0 aromatic heterocycles. The molecule has 0 fully saturated rings. The van der Waals surface area contributed by atoms with Gasteiger partial charge in [-0.15, -0.1) is 0 Å². The van der Waals surface area contributed by atoms with E-state index in [0.29, 0.717) is 18.2 Å². The van der Waals surface area contributed by atoms with Gasteiger partial charge in [0.15, 0.2) is 0 Å². The van der Waals surface area contributed by atoms with Crippen LogP contribution in [-0.2, 0) is 10.0 Å². The van der Waals surface area contributed by atoms with Crippen LogP contribution < -0.4 is 10.0 Å². The lowest BCUT2D eigenvalue weighted by Gasteiger charge is -2.21. The minimum Gasteiger partial charge on any atom is -0.394 e. The topological polar surface area (TPSA) is 78.4 Å². The zero-order valence-electron chi connectivity index (χ0n) is 13.0. The van der Waals surface area contributed by atoms with Crippen molar-refractivity contribution in [2.75, 3.05) is 18.5 Å². The fourth-order valence-electron chi connectivity index (χ4n) is 2.10. The van der Waals surface area contributed by atoms with Crippen molar-refractivity contribution in [3.63, 3.8) is 0 Å². The molecule has 3 N–H and O–H groups in total. The monoisotopic (exact) mass is 314 g/mol. The number of nitrogens with one attached hydrogen (secondary N) is 2. The van der Waals surface area contributed by atoms with Gasteiger partial charge in [-0.1, -0.05) is 32.9 Å². The highest BCUT2D eigenvalue weighted by Gasteiger charge is 2.19. The fourth-order valence-corrected chi connectivity index (χ4v) is 3.41. The molecule has 5 nitrogen and oxygen atoms in total. The van der Waals surface area contributed by atoms with Gasteiger partial charge in [0.05, 0.1) is 12.3 Å². The number of aliphatic hydroxyl groups is 1.